The number of nitrogens with one attached hydrogen (secondary N) is 1. The summed E-state index contributed by atoms with van der Waals surface area (Å²) in [6.07, 6.45) is 0. The number of amides is 2. The van der Waals surface area contributed by atoms with Gasteiger partial charge in [0.05, 0.1) is 41.8 Å². The largest absolute Gasteiger partial charge is 0.507 e. The molecule has 1 aliphatic heterocycles. The van der Waals surface area contributed by atoms with Crippen LogP contribution >= 0.6 is 0 Å². The van der Waals surface area contributed by atoms with E-state index >= 15 is 0 Å². The van der Waals surface area contributed by atoms with Crippen LogP contribution in [-0.2, 0) is 25.7 Å². The first-order valence-electron chi connectivity index (χ1n) is 16.1. The van der Waals surface area contributed by atoms with E-state index in [1.54, 1.807) is 6.92 Å². The molecule has 0 bridgehead atoms. The number of aromatic nitrogens is 1. The van der Waals surface area contributed by atoms with Crippen LogP contribution in [0.25, 0.3) is 53.9 Å². The molecule has 7 rings (SSSR count). The van der Waals surface area contributed by atoms with Gasteiger partial charge in [0.15, 0.2) is 10.9 Å². The zero-order valence-electron chi connectivity index (χ0n) is 28.1. The van der Waals surface area contributed by atoms with Crippen LogP contribution in [0.3, 0.4) is 0 Å². The molecule has 0 spiro atoms. The molecule has 1 fully saturated rings. The Morgan fingerprint density at radius 2 is 1.50 bits per heavy atom. The van der Waals surface area contributed by atoms with Crippen LogP contribution in [0.1, 0.15) is 19.5 Å². The number of hydrogen-bond acceptors (Lipinski definition) is 12. The van der Waals surface area contributed by atoms with Crippen LogP contribution in [0.4, 0.5) is 0 Å². The second-order valence-electron chi connectivity index (χ2n) is 12.6. The van der Waals surface area contributed by atoms with Crippen molar-refractivity contribution >= 4 is 71.6 Å². The van der Waals surface area contributed by atoms with Gasteiger partial charge in [0.2, 0.25) is 22.7 Å². The van der Waals surface area contributed by atoms with Crippen molar-refractivity contribution in [2.75, 3.05) is 20.3 Å². The maximum atomic E-state index is 14.4. The van der Waals surface area contributed by atoms with Gasteiger partial charge in [-0.15, -0.1) is 0 Å². The summed E-state index contributed by atoms with van der Waals surface area (Å²) >= 11 is 0. The van der Waals surface area contributed by atoms with Crippen molar-refractivity contribution in [2.45, 2.75) is 39.4 Å². The Bertz CT molecular complexity index is 2910. The van der Waals surface area contributed by atoms with E-state index in [0.29, 0.717) is 0 Å². The molecule has 0 aliphatic carbocycles. The number of nitrogens with zero attached hydrogens (tertiary/aromatic N) is 2. The van der Waals surface area contributed by atoms with E-state index in [9.17, 15) is 48.6 Å². The van der Waals surface area contributed by atoms with E-state index in [0.717, 1.165) is 9.47 Å². The normalized spacial score (nSPS) is 16.2. The van der Waals surface area contributed by atoms with Gasteiger partial charge in [-0.05, 0) is 45.0 Å². The Morgan fingerprint density at radius 1 is 0.827 bits per heavy atom. The molecule has 1 aliphatic rings. The number of carbonyl (C=O) groups is 3. The van der Waals surface area contributed by atoms with Gasteiger partial charge in [-0.2, -0.15) is 0 Å². The first kappa shape index (κ1) is 33.8. The van der Waals surface area contributed by atoms with Gasteiger partial charge in [-0.3, -0.25) is 33.6 Å². The fraction of sp³-hybridized carbons (Fsp3) is 0.243. The molecule has 5 aromatic carbocycles. The molecule has 2 atom stereocenters. The van der Waals surface area contributed by atoms with Gasteiger partial charge < -0.3 is 34.5 Å². The molecular formula is C37H29N3O12. The van der Waals surface area contributed by atoms with E-state index in [1.165, 1.54) is 57.4 Å². The number of esters is 1. The minimum atomic E-state index is -1.14. The Balaban J connectivity index is 1.49. The lowest BCUT2D eigenvalue weighted by molar-refractivity contribution is -0.154. The predicted molar refractivity (Wildman–Crippen MR) is 190 cm³/mol. The van der Waals surface area contributed by atoms with Crippen molar-refractivity contribution in [3.05, 3.63) is 93.3 Å². The number of benzene rings is 5. The molecule has 0 saturated carbocycles. The van der Waals surface area contributed by atoms with Crippen molar-refractivity contribution in [3.8, 4) is 17.2 Å². The number of phenolic OH excluding ortho intramolecular Hbond substituents is 2. The number of methoxy groups -OCH3 is 1. The summed E-state index contributed by atoms with van der Waals surface area (Å²) in [6, 6.07) is 5.61. The van der Waals surface area contributed by atoms with E-state index in [4.69, 9.17) is 9.47 Å². The van der Waals surface area contributed by atoms with Crippen LogP contribution in [0.2, 0.25) is 0 Å². The van der Waals surface area contributed by atoms with E-state index in [-0.39, 0.29) is 62.3 Å². The number of ether oxygens (including phenoxy) is 2. The summed E-state index contributed by atoms with van der Waals surface area (Å²) < 4.78 is 11.5. The van der Waals surface area contributed by atoms with Gasteiger partial charge >= 0.3 is 5.97 Å². The van der Waals surface area contributed by atoms with Gasteiger partial charge in [0, 0.05) is 38.0 Å². The number of piperazine rings is 1. The van der Waals surface area contributed by atoms with Crippen LogP contribution in [0, 0.1) is 6.92 Å². The molecule has 2 amide bonds. The van der Waals surface area contributed by atoms with Crippen LogP contribution in [0.5, 0.6) is 17.2 Å². The van der Waals surface area contributed by atoms with Crippen molar-refractivity contribution < 1.29 is 34.1 Å². The van der Waals surface area contributed by atoms with Crippen LogP contribution < -0.4 is 37.3 Å². The minimum absolute atomic E-state index is 0.0294. The number of fused-ring (bicyclic) bond motifs is 6. The monoisotopic (exact) mass is 707 g/mol. The molecule has 52 heavy (non-hydrogen) atoms. The summed E-state index contributed by atoms with van der Waals surface area (Å²) in [5.41, 5.74) is -4.30. The summed E-state index contributed by atoms with van der Waals surface area (Å²) in [6.45, 7) is 3.63. The Hall–Kier alpha value is -6.64. The number of rotatable bonds is 5. The molecule has 15 heteroatoms. The zero-order chi connectivity index (χ0) is 37.5. The summed E-state index contributed by atoms with van der Waals surface area (Å²) in [4.78, 5) is 110. The van der Waals surface area contributed by atoms with Gasteiger partial charge in [0.1, 0.15) is 35.9 Å². The molecule has 1 aromatic heterocycles. The highest BCUT2D eigenvalue weighted by atomic mass is 16.5. The topological polar surface area (TPSA) is 216 Å². The average molecular weight is 708 g/mol. The summed E-state index contributed by atoms with van der Waals surface area (Å²) in [7, 11) is 1.20. The SMILES string of the molecule is CCOC(=O)C1CN(C(=O)Cn2c(C)cc3c(=O)c4ccc5c(OC)c6c(=O)c7c(O)cccc7c(=O)c6c(O)c5c4c(=O)c3c2=O)C(C)C(=O)N1. The molecule has 0 radical (unpaired) electrons. The number of phenols is 2. The Labute approximate surface area is 290 Å². The molecule has 6 aromatic rings. The molecular weight excluding hydrogens is 678 g/mol. The van der Waals surface area contributed by atoms with Gasteiger partial charge in [-0.25, -0.2) is 4.79 Å². The minimum Gasteiger partial charge on any atom is -0.507 e. The highest BCUT2D eigenvalue weighted by Crippen LogP contribution is 2.43. The molecule has 2 heterocycles. The zero-order valence-corrected chi connectivity index (χ0v) is 28.1. The lowest BCUT2D eigenvalue weighted by atomic mass is 9.92. The second-order valence-corrected chi connectivity index (χ2v) is 12.6. The Morgan fingerprint density at radius 3 is 2.19 bits per heavy atom. The number of aromatic hydroxyl groups is 2. The third kappa shape index (κ3) is 4.65. The number of pyridine rings is 1. The van der Waals surface area contributed by atoms with Crippen molar-refractivity contribution in [3.63, 3.8) is 0 Å². The van der Waals surface area contributed by atoms with Gasteiger partial charge in [0.25, 0.3) is 5.56 Å². The van der Waals surface area contributed by atoms with Gasteiger partial charge in [-0.1, -0.05) is 12.1 Å². The standard InChI is InChI=1S/C37H29N3O12/c1-5-52-37(50)20-12-40(15(3)35(48)38-20)22(42)13-39-14(2)11-19-26(36(39)49)32(46)24-17(29(19)43)9-10-18-25(24)33(47)27-28(34(18)51-4)31(45)23-16(30(27)44)7-6-8-21(23)41/h6-11,15,20,41,47H,5,12-13H2,1-4H3,(H,38,48). The van der Waals surface area contributed by atoms with Crippen LogP contribution in [0.15, 0.2) is 60.4 Å². The van der Waals surface area contributed by atoms with Crippen molar-refractivity contribution in [2.24, 2.45) is 0 Å². The molecule has 15 nitrogen and oxygen atoms in total. The average Bonchev–Trinajstić information content (AvgIpc) is 3.11. The smallest absolute Gasteiger partial charge is 0.330 e. The summed E-state index contributed by atoms with van der Waals surface area (Å²) in [5.74, 6) is -3.58. The maximum Gasteiger partial charge on any atom is 0.330 e. The van der Waals surface area contributed by atoms with E-state index in [2.05, 4.69) is 5.32 Å². The number of aryl methyl sites for hydroxylation is 1. The lowest BCUT2D eigenvalue weighted by Crippen LogP contribution is -2.63. The van der Waals surface area contributed by atoms with Crippen LogP contribution in [-0.4, -0.2) is 69.8 Å². The second kappa shape index (κ2) is 12.0. The van der Waals surface area contributed by atoms with Crippen molar-refractivity contribution in [1.29, 1.82) is 0 Å². The lowest BCUT2D eigenvalue weighted by Gasteiger charge is -2.36. The molecule has 1 saturated heterocycles. The third-order valence-corrected chi connectivity index (χ3v) is 9.75. The fourth-order valence-electron chi connectivity index (χ4n) is 7.22. The predicted octanol–water partition coefficient (Wildman–Crippen LogP) is 0.938. The highest BCUT2D eigenvalue weighted by Gasteiger charge is 2.38. The number of hydrogen-bond donors (Lipinski definition) is 3. The highest BCUT2D eigenvalue weighted by molar-refractivity contribution is 6.23. The fourth-order valence-corrected chi connectivity index (χ4v) is 7.22. The quantitative estimate of drug-likeness (QED) is 0.130. The third-order valence-electron chi connectivity index (χ3n) is 9.75. The van der Waals surface area contributed by atoms with Crippen molar-refractivity contribution in [1.82, 2.24) is 14.8 Å². The number of carbonyl (C=O) groups excluding carboxylic acids is 3. The van der Waals surface area contributed by atoms with E-state index < -0.39 is 91.3 Å². The molecule has 3 N–H and O–H groups in total. The first-order chi connectivity index (χ1) is 24.7. The maximum absolute atomic E-state index is 14.4. The molecule has 2 unspecified atom stereocenters. The molecule has 264 valence electrons. The first-order valence-corrected chi connectivity index (χ1v) is 16.1. The van der Waals surface area contributed by atoms with E-state index in [1.807, 2.05) is 0 Å². The summed E-state index contributed by atoms with van der Waals surface area (Å²) in [5, 5.41) is 21.5. The Kier molecular flexibility index (Phi) is 7.81.